The molecule has 140 valence electrons. The maximum absolute atomic E-state index is 12.5. The van der Waals surface area contributed by atoms with Crippen molar-refractivity contribution in [3.05, 3.63) is 23.8 Å². The summed E-state index contributed by atoms with van der Waals surface area (Å²) in [7, 11) is 0. The van der Waals surface area contributed by atoms with Gasteiger partial charge < -0.3 is 20.1 Å². The normalized spacial score (nSPS) is 18.2. The Morgan fingerprint density at radius 1 is 1.24 bits per heavy atom. The van der Waals surface area contributed by atoms with Crippen LogP contribution in [0.3, 0.4) is 0 Å². The molecule has 0 saturated carbocycles. The van der Waals surface area contributed by atoms with Gasteiger partial charge in [0.15, 0.2) is 11.5 Å². The zero-order valence-electron chi connectivity index (χ0n) is 15.9. The third-order valence-electron chi connectivity index (χ3n) is 4.50. The number of amides is 1. The summed E-state index contributed by atoms with van der Waals surface area (Å²) in [6.45, 7) is 10.3. The van der Waals surface area contributed by atoms with Crippen molar-refractivity contribution >= 4 is 5.91 Å². The Hall–Kier alpha value is -1.75. The molecule has 1 saturated heterocycles. The van der Waals surface area contributed by atoms with Crippen LogP contribution in [0.1, 0.15) is 58.6 Å². The smallest absolute Gasteiger partial charge is 0.222 e. The van der Waals surface area contributed by atoms with Crippen molar-refractivity contribution in [1.82, 2.24) is 10.6 Å². The second kappa shape index (κ2) is 9.66. The Kier molecular flexibility index (Phi) is 7.56. The lowest BCUT2D eigenvalue weighted by Gasteiger charge is -2.25. The Morgan fingerprint density at radius 3 is 2.56 bits per heavy atom. The third kappa shape index (κ3) is 5.63. The van der Waals surface area contributed by atoms with Gasteiger partial charge in [-0.15, -0.1) is 0 Å². The molecule has 1 heterocycles. The molecule has 2 N–H and O–H groups in total. The van der Waals surface area contributed by atoms with E-state index in [0.29, 0.717) is 25.7 Å². The molecule has 5 nitrogen and oxygen atoms in total. The fraction of sp³-hybridized carbons (Fsp3) is 0.650. The molecule has 2 unspecified atom stereocenters. The minimum absolute atomic E-state index is 0.0382. The number of carbonyl (C=O) groups is 1. The van der Waals surface area contributed by atoms with E-state index in [4.69, 9.17) is 9.47 Å². The summed E-state index contributed by atoms with van der Waals surface area (Å²) in [6.07, 6.45) is 2.78. The highest BCUT2D eigenvalue weighted by atomic mass is 16.5. The van der Waals surface area contributed by atoms with Gasteiger partial charge in [-0.1, -0.05) is 19.9 Å². The van der Waals surface area contributed by atoms with Crippen LogP contribution in [-0.4, -0.2) is 31.7 Å². The van der Waals surface area contributed by atoms with E-state index in [-0.39, 0.29) is 17.9 Å². The van der Waals surface area contributed by atoms with Crippen molar-refractivity contribution in [2.75, 3.05) is 19.8 Å². The maximum atomic E-state index is 12.5. The van der Waals surface area contributed by atoms with Gasteiger partial charge in [-0.05, 0) is 56.8 Å². The third-order valence-corrected chi connectivity index (χ3v) is 4.50. The van der Waals surface area contributed by atoms with Gasteiger partial charge in [0.2, 0.25) is 5.91 Å². The first-order chi connectivity index (χ1) is 12.0. The number of ether oxygens (including phenoxy) is 2. The lowest BCUT2D eigenvalue weighted by Crippen LogP contribution is -2.36. The average Bonchev–Trinajstić information content (AvgIpc) is 3.07. The summed E-state index contributed by atoms with van der Waals surface area (Å²) in [5.41, 5.74) is 1.05. The summed E-state index contributed by atoms with van der Waals surface area (Å²) < 4.78 is 11.4. The minimum atomic E-state index is -0.0382. The van der Waals surface area contributed by atoms with E-state index in [1.807, 2.05) is 32.0 Å². The molecule has 0 aliphatic carbocycles. The van der Waals surface area contributed by atoms with Crippen LogP contribution in [0.15, 0.2) is 18.2 Å². The van der Waals surface area contributed by atoms with Crippen molar-refractivity contribution in [3.8, 4) is 11.5 Å². The molecule has 1 aromatic carbocycles. The van der Waals surface area contributed by atoms with Gasteiger partial charge in [0, 0.05) is 12.5 Å². The molecule has 1 aliphatic rings. The molecule has 0 aromatic heterocycles. The Bertz CT molecular complexity index is 554. The van der Waals surface area contributed by atoms with Gasteiger partial charge in [0.05, 0.1) is 19.3 Å². The van der Waals surface area contributed by atoms with Gasteiger partial charge in [-0.2, -0.15) is 0 Å². The molecule has 1 fully saturated rings. The standard InChI is InChI=1S/C20H32N2O3/c1-5-24-17-10-9-15(12-18(17)25-6-2)20(14(3)4)22-19(23)13-16-8-7-11-21-16/h9-10,12,14,16,20-21H,5-8,11,13H2,1-4H3,(H,22,23). The molecule has 25 heavy (non-hydrogen) atoms. The lowest BCUT2D eigenvalue weighted by atomic mass is 9.95. The van der Waals surface area contributed by atoms with Gasteiger partial charge in [-0.3, -0.25) is 4.79 Å². The lowest BCUT2D eigenvalue weighted by molar-refractivity contribution is -0.122. The van der Waals surface area contributed by atoms with E-state index in [9.17, 15) is 4.79 Å². The SMILES string of the molecule is CCOc1ccc(C(NC(=O)CC2CCCN2)C(C)C)cc1OCC. The summed E-state index contributed by atoms with van der Waals surface area (Å²) in [5.74, 6) is 1.87. The average molecular weight is 348 g/mol. The number of hydrogen-bond acceptors (Lipinski definition) is 4. The first-order valence-corrected chi connectivity index (χ1v) is 9.47. The highest BCUT2D eigenvalue weighted by Crippen LogP contribution is 2.33. The fourth-order valence-electron chi connectivity index (χ4n) is 3.28. The first kappa shape index (κ1) is 19.6. The topological polar surface area (TPSA) is 59.6 Å². The summed E-state index contributed by atoms with van der Waals surface area (Å²) in [5, 5.41) is 6.58. The number of nitrogens with one attached hydrogen (secondary N) is 2. The van der Waals surface area contributed by atoms with Gasteiger partial charge >= 0.3 is 0 Å². The minimum Gasteiger partial charge on any atom is -0.490 e. The van der Waals surface area contributed by atoms with Crippen LogP contribution in [0.4, 0.5) is 0 Å². The molecule has 0 radical (unpaired) electrons. The van der Waals surface area contributed by atoms with Gasteiger partial charge in [-0.25, -0.2) is 0 Å². The van der Waals surface area contributed by atoms with Crippen molar-refractivity contribution in [2.45, 2.75) is 59.0 Å². The van der Waals surface area contributed by atoms with Gasteiger partial charge in [0.25, 0.3) is 0 Å². The maximum Gasteiger partial charge on any atom is 0.222 e. The van der Waals surface area contributed by atoms with Crippen LogP contribution in [0.2, 0.25) is 0 Å². The van der Waals surface area contributed by atoms with Crippen LogP contribution in [0.5, 0.6) is 11.5 Å². The second-order valence-corrected chi connectivity index (χ2v) is 6.86. The highest BCUT2D eigenvalue weighted by molar-refractivity contribution is 5.77. The van der Waals surface area contributed by atoms with E-state index >= 15 is 0 Å². The fourth-order valence-corrected chi connectivity index (χ4v) is 3.28. The van der Waals surface area contributed by atoms with Crippen LogP contribution in [-0.2, 0) is 4.79 Å². The molecule has 0 spiro atoms. The number of benzene rings is 1. The summed E-state index contributed by atoms with van der Waals surface area (Å²) in [4.78, 5) is 12.5. The summed E-state index contributed by atoms with van der Waals surface area (Å²) >= 11 is 0. The number of rotatable bonds is 9. The van der Waals surface area contributed by atoms with E-state index < -0.39 is 0 Å². The molecular weight excluding hydrogens is 316 g/mol. The second-order valence-electron chi connectivity index (χ2n) is 6.86. The molecule has 2 atom stereocenters. The number of carbonyl (C=O) groups excluding carboxylic acids is 1. The Labute approximate surface area is 151 Å². The molecule has 1 amide bonds. The predicted octanol–water partition coefficient (Wildman–Crippen LogP) is 3.44. The van der Waals surface area contributed by atoms with Crippen LogP contribution >= 0.6 is 0 Å². The van der Waals surface area contributed by atoms with Crippen molar-refractivity contribution < 1.29 is 14.3 Å². The van der Waals surface area contributed by atoms with E-state index in [0.717, 1.165) is 36.4 Å². The summed E-state index contributed by atoms with van der Waals surface area (Å²) in [6, 6.07) is 6.22. The Balaban J connectivity index is 2.12. The predicted molar refractivity (Wildman–Crippen MR) is 100 cm³/mol. The van der Waals surface area contributed by atoms with Crippen molar-refractivity contribution in [2.24, 2.45) is 5.92 Å². The molecule has 5 heteroatoms. The van der Waals surface area contributed by atoms with E-state index in [2.05, 4.69) is 24.5 Å². The van der Waals surface area contributed by atoms with E-state index in [1.165, 1.54) is 0 Å². The molecule has 2 rings (SSSR count). The molecular formula is C20H32N2O3. The monoisotopic (exact) mass is 348 g/mol. The van der Waals surface area contributed by atoms with Crippen LogP contribution < -0.4 is 20.1 Å². The van der Waals surface area contributed by atoms with Gasteiger partial charge in [0.1, 0.15) is 0 Å². The zero-order valence-corrected chi connectivity index (χ0v) is 15.9. The largest absolute Gasteiger partial charge is 0.490 e. The quantitative estimate of drug-likeness (QED) is 0.718. The van der Waals surface area contributed by atoms with Crippen LogP contribution in [0, 0.1) is 5.92 Å². The Morgan fingerprint density at radius 2 is 1.96 bits per heavy atom. The number of hydrogen-bond donors (Lipinski definition) is 2. The molecule has 0 bridgehead atoms. The first-order valence-electron chi connectivity index (χ1n) is 9.47. The van der Waals surface area contributed by atoms with Crippen LogP contribution in [0.25, 0.3) is 0 Å². The molecule has 1 aromatic rings. The van der Waals surface area contributed by atoms with Crippen molar-refractivity contribution in [1.29, 1.82) is 0 Å². The van der Waals surface area contributed by atoms with E-state index in [1.54, 1.807) is 0 Å². The highest BCUT2D eigenvalue weighted by Gasteiger charge is 2.23. The van der Waals surface area contributed by atoms with Crippen molar-refractivity contribution in [3.63, 3.8) is 0 Å². The zero-order chi connectivity index (χ0) is 18.2. The molecule has 1 aliphatic heterocycles.